The van der Waals surface area contributed by atoms with Gasteiger partial charge in [0.25, 0.3) is 29.0 Å². The molecular weight excluding hydrogens is 579 g/mol. The van der Waals surface area contributed by atoms with Gasteiger partial charge >= 0.3 is 0 Å². The van der Waals surface area contributed by atoms with Gasteiger partial charge in [0.1, 0.15) is 18.3 Å². The Morgan fingerprint density at radius 2 is 1.54 bits per heavy atom. The molecule has 37 heavy (non-hydrogen) atoms. The molecule has 1 aliphatic rings. The van der Waals surface area contributed by atoms with Crippen LogP contribution in [-0.2, 0) is 31.6 Å². The molecule has 1 saturated heterocycles. The average molecular weight is 604 g/mol. The van der Waals surface area contributed by atoms with Crippen LogP contribution in [0.3, 0.4) is 0 Å². The summed E-state index contributed by atoms with van der Waals surface area (Å²) in [5.41, 5.74) is -0.970. The molecule has 0 saturated carbocycles. The van der Waals surface area contributed by atoms with Crippen molar-refractivity contribution < 1.29 is 70.1 Å². The van der Waals surface area contributed by atoms with Crippen molar-refractivity contribution >= 4 is 34.2 Å². The van der Waals surface area contributed by atoms with Crippen molar-refractivity contribution in [3.8, 4) is 0 Å². The first-order valence-electron chi connectivity index (χ1n) is 8.74. The van der Waals surface area contributed by atoms with Gasteiger partial charge in [0.05, 0.1) is 12.0 Å². The topological polar surface area (TPSA) is 350 Å². The molecule has 7 atom stereocenters. The fourth-order valence-electron chi connectivity index (χ4n) is 3.00. The number of aromatic nitrogens is 1. The van der Waals surface area contributed by atoms with Crippen LogP contribution in [0.25, 0.3) is 10.8 Å². The van der Waals surface area contributed by atoms with Crippen LogP contribution >= 0.6 is 23.5 Å². The summed E-state index contributed by atoms with van der Waals surface area (Å²) in [5.74, 6) is -2.55. The van der Waals surface area contributed by atoms with Crippen molar-refractivity contribution in [3.63, 3.8) is 0 Å². The number of nitrogens with zero attached hydrogens (tertiary/aromatic N) is 1. The summed E-state index contributed by atoms with van der Waals surface area (Å²) in [5, 5.41) is 20.0. The molecule has 0 bridgehead atoms. The van der Waals surface area contributed by atoms with Gasteiger partial charge in [-0.15, -0.1) is 0 Å². The van der Waals surface area contributed by atoms with Crippen LogP contribution in [0.2, 0.25) is 0 Å². The molecule has 0 aliphatic carbocycles. The standard InChI is InChI=1S/C14H16F2NO14P3.3H3N/c15-8-3-6-1-2-17(13(20)7(6)4-9(8)16)14-12(19)11(18)10(29-14)5-28-33(24,25)31-34(26,27)30-32(21,22)23;;;/h1-4,10-12,14,18-19H,5H2,(H,24,25)(H,26,27)(H2,21,22,23);3*1H3/t10-,11-,12-,14-;;;/m1.../s1. The Balaban J connectivity index is 0.00000432. The van der Waals surface area contributed by atoms with Crippen LogP contribution in [0.4, 0.5) is 8.78 Å². The van der Waals surface area contributed by atoms with Crippen LogP contribution in [0, 0.1) is 11.6 Å². The van der Waals surface area contributed by atoms with Crippen molar-refractivity contribution in [2.75, 3.05) is 6.61 Å². The number of aliphatic hydroxyl groups is 2. The number of rotatable bonds is 8. The van der Waals surface area contributed by atoms with E-state index < -0.39 is 71.8 Å². The van der Waals surface area contributed by atoms with Gasteiger partial charge in [-0.25, -0.2) is 17.4 Å². The lowest BCUT2D eigenvalue weighted by molar-refractivity contribution is -0.250. The Labute approximate surface area is 205 Å². The smallest absolute Gasteiger partial charge is 0.280 e. The van der Waals surface area contributed by atoms with E-state index in [1.54, 1.807) is 0 Å². The van der Waals surface area contributed by atoms with Crippen LogP contribution in [0.1, 0.15) is 6.23 Å². The Morgan fingerprint density at radius 1 is 0.973 bits per heavy atom. The van der Waals surface area contributed by atoms with E-state index in [-0.39, 0.29) is 29.2 Å². The van der Waals surface area contributed by atoms with E-state index in [9.17, 15) is 52.2 Å². The quantitative estimate of drug-likeness (QED) is 0.206. The maximum Gasteiger partial charge on any atom is 0.280 e. The molecule has 18 nitrogen and oxygen atoms in total. The molecule has 1 fully saturated rings. The number of pyridine rings is 1. The second-order valence-electron chi connectivity index (χ2n) is 6.75. The summed E-state index contributed by atoms with van der Waals surface area (Å²) in [4.78, 5) is 54.2. The van der Waals surface area contributed by atoms with E-state index in [0.29, 0.717) is 10.6 Å². The molecule has 3 rings (SSSR count). The number of ether oxygens (including phenoxy) is 1. The minimum Gasteiger partial charge on any atom is -0.756 e. The van der Waals surface area contributed by atoms with E-state index in [0.717, 1.165) is 12.3 Å². The minimum atomic E-state index is -6.15. The molecule has 3 unspecified atom stereocenters. The summed E-state index contributed by atoms with van der Waals surface area (Å²) in [6.45, 7) is -1.20. The number of phosphoric acid groups is 3. The molecule has 1 aliphatic heterocycles. The molecule has 2 aromatic rings. The Kier molecular flexibility index (Phi) is 12.0. The number of benzene rings is 1. The average Bonchev–Trinajstić information content (AvgIpc) is 2.94. The highest BCUT2D eigenvalue weighted by Gasteiger charge is 2.44. The van der Waals surface area contributed by atoms with Crippen molar-refractivity contribution in [2.45, 2.75) is 24.5 Å². The number of phosphoric ester groups is 1. The highest BCUT2D eigenvalue weighted by Crippen LogP contribution is 2.61. The van der Waals surface area contributed by atoms with E-state index in [1.165, 1.54) is 6.07 Å². The number of hydrogen-bond acceptors (Lipinski definition) is 13. The fraction of sp³-hybridized carbons (Fsp3) is 0.357. The van der Waals surface area contributed by atoms with Gasteiger partial charge in [-0.2, -0.15) is 0 Å². The lowest BCUT2D eigenvalue weighted by Crippen LogP contribution is -2.35. The molecule has 214 valence electrons. The molecule has 0 spiro atoms. The van der Waals surface area contributed by atoms with Crippen molar-refractivity contribution in [1.82, 2.24) is 23.0 Å². The van der Waals surface area contributed by atoms with E-state index in [1.807, 2.05) is 0 Å². The fourth-order valence-corrected chi connectivity index (χ4v) is 5.90. The molecule has 23 heteroatoms. The number of halogens is 2. The van der Waals surface area contributed by atoms with Gasteiger partial charge in [0, 0.05) is 6.20 Å². The zero-order chi connectivity index (χ0) is 25.6. The summed E-state index contributed by atoms with van der Waals surface area (Å²) < 4.78 is 76.7. The number of hydrogen-bond donors (Lipinski definition) is 6. The highest BCUT2D eigenvalue weighted by molar-refractivity contribution is 7.65. The molecular formula is C14H25F2N4O14P3. The van der Waals surface area contributed by atoms with Crippen LogP contribution in [0.15, 0.2) is 29.2 Å². The molecule has 2 heterocycles. The number of fused-ring (bicyclic) bond motifs is 1. The van der Waals surface area contributed by atoms with Gasteiger partial charge in [-0.05, 0) is 23.6 Å². The predicted molar refractivity (Wildman–Crippen MR) is 115 cm³/mol. The predicted octanol–water partition coefficient (Wildman–Crippen LogP) is -0.525. The lowest BCUT2D eigenvalue weighted by atomic mass is 10.1. The third-order valence-electron chi connectivity index (χ3n) is 4.38. The summed E-state index contributed by atoms with van der Waals surface area (Å²) >= 11 is 0. The van der Waals surface area contributed by atoms with Gasteiger partial charge in [-0.1, -0.05) is 0 Å². The molecule has 15 N–H and O–H groups in total. The highest BCUT2D eigenvalue weighted by atomic mass is 31.3. The number of aliphatic hydroxyl groups excluding tert-OH is 2. The second kappa shape index (κ2) is 12.5. The Morgan fingerprint density at radius 3 is 2.11 bits per heavy atom. The Bertz CT molecular complexity index is 1310. The van der Waals surface area contributed by atoms with Crippen LogP contribution in [0.5, 0.6) is 0 Å². The second-order valence-corrected chi connectivity index (χ2v) is 11.0. The van der Waals surface area contributed by atoms with Crippen molar-refractivity contribution in [1.29, 1.82) is 0 Å². The van der Waals surface area contributed by atoms with Gasteiger partial charge < -0.3 is 57.5 Å². The van der Waals surface area contributed by atoms with Gasteiger partial charge in [-0.3, -0.25) is 23.1 Å². The van der Waals surface area contributed by atoms with Gasteiger partial charge in [0.15, 0.2) is 17.9 Å². The summed E-state index contributed by atoms with van der Waals surface area (Å²) in [6.07, 6.45) is -6.15. The third-order valence-corrected chi connectivity index (χ3v) is 8.07. The first-order chi connectivity index (χ1) is 15.5. The molecule has 0 amide bonds. The van der Waals surface area contributed by atoms with E-state index in [4.69, 9.17) is 9.63 Å². The Hall–Kier alpha value is -1.54. The molecule has 0 radical (unpaired) electrons. The van der Waals surface area contributed by atoms with Crippen molar-refractivity contribution in [3.05, 3.63) is 46.4 Å². The number of quaternary nitrogens is 3. The monoisotopic (exact) mass is 604 g/mol. The van der Waals surface area contributed by atoms with Crippen molar-refractivity contribution in [2.24, 2.45) is 0 Å². The normalized spacial score (nSPS) is 26.1. The van der Waals surface area contributed by atoms with Gasteiger partial charge in [0.2, 0.25) is 0 Å². The van der Waals surface area contributed by atoms with Crippen LogP contribution in [-0.4, -0.2) is 44.6 Å². The SMILES string of the molecule is O=c1c2cc(F)c(F)cc2ccn1[C@@H]1O[C@H](COP(=O)([O-])OP(=O)([O-])OP(=O)([O-])O)[C@@H](O)[C@H]1O.[NH4+].[NH4+].[NH4+]. The zero-order valence-corrected chi connectivity index (χ0v) is 21.9. The van der Waals surface area contributed by atoms with E-state index >= 15 is 0 Å². The lowest BCUT2D eigenvalue weighted by Gasteiger charge is -2.33. The maximum absolute atomic E-state index is 13.5. The first-order valence-corrected chi connectivity index (χ1v) is 13.2. The molecule has 1 aromatic carbocycles. The zero-order valence-electron chi connectivity index (χ0n) is 19.2. The summed E-state index contributed by atoms with van der Waals surface area (Å²) in [6, 6.07) is 2.52. The first kappa shape index (κ1) is 35.5. The minimum absolute atomic E-state index is 0. The third kappa shape index (κ3) is 8.47. The summed E-state index contributed by atoms with van der Waals surface area (Å²) in [7, 11) is -18.0. The molecule has 1 aromatic heterocycles. The van der Waals surface area contributed by atoms with E-state index in [2.05, 4.69) is 13.1 Å². The largest absolute Gasteiger partial charge is 0.756 e. The van der Waals surface area contributed by atoms with Crippen LogP contribution < -0.4 is 38.7 Å². The maximum atomic E-state index is 13.5.